The first-order chi connectivity index (χ1) is 9.58. The Kier molecular flexibility index (Phi) is 4.60. The van der Waals surface area contributed by atoms with Gasteiger partial charge in [0.2, 0.25) is 0 Å². The Hall–Kier alpha value is -1.62. The highest BCUT2D eigenvalue weighted by atomic mass is 35.5. The zero-order chi connectivity index (χ0) is 14.7. The third-order valence-corrected chi connectivity index (χ3v) is 3.55. The Bertz CT molecular complexity index is 599. The van der Waals surface area contributed by atoms with Gasteiger partial charge >= 0.3 is 0 Å². The quantitative estimate of drug-likeness (QED) is 0.671. The maximum atomic E-state index is 14.0. The van der Waals surface area contributed by atoms with E-state index in [1.54, 1.807) is 19.2 Å². The third-order valence-electron chi connectivity index (χ3n) is 3.22. The number of benzene rings is 2. The van der Waals surface area contributed by atoms with Crippen molar-refractivity contribution >= 4 is 11.6 Å². The lowest BCUT2D eigenvalue weighted by Gasteiger charge is -2.20. The molecule has 2 aromatic rings. The summed E-state index contributed by atoms with van der Waals surface area (Å²) in [5.74, 6) is 5.90. The van der Waals surface area contributed by atoms with E-state index in [9.17, 15) is 4.39 Å². The van der Waals surface area contributed by atoms with E-state index in [0.29, 0.717) is 10.6 Å². The predicted octanol–water partition coefficient (Wildman–Crippen LogP) is 3.35. The zero-order valence-electron chi connectivity index (χ0n) is 11.3. The van der Waals surface area contributed by atoms with Crippen LogP contribution in [-0.2, 0) is 0 Å². The Morgan fingerprint density at radius 2 is 2.05 bits per heavy atom. The van der Waals surface area contributed by atoms with E-state index in [0.717, 1.165) is 16.9 Å². The summed E-state index contributed by atoms with van der Waals surface area (Å²) in [4.78, 5) is 0. The smallest absolute Gasteiger partial charge is 0.129 e. The van der Waals surface area contributed by atoms with Gasteiger partial charge in [0.1, 0.15) is 11.6 Å². The van der Waals surface area contributed by atoms with Crippen molar-refractivity contribution in [2.75, 3.05) is 7.11 Å². The molecule has 1 atom stereocenters. The molecule has 1 unspecified atom stereocenters. The van der Waals surface area contributed by atoms with Crippen molar-refractivity contribution in [1.82, 2.24) is 5.43 Å². The second-order valence-electron chi connectivity index (χ2n) is 4.46. The van der Waals surface area contributed by atoms with Gasteiger partial charge in [-0.15, -0.1) is 0 Å². The van der Waals surface area contributed by atoms with Crippen LogP contribution in [-0.4, -0.2) is 7.11 Å². The molecule has 0 saturated heterocycles. The van der Waals surface area contributed by atoms with E-state index < -0.39 is 11.9 Å². The van der Waals surface area contributed by atoms with Gasteiger partial charge in [-0.1, -0.05) is 29.8 Å². The lowest BCUT2D eigenvalue weighted by Crippen LogP contribution is -2.29. The van der Waals surface area contributed by atoms with Gasteiger partial charge in [-0.25, -0.2) is 9.82 Å². The molecule has 0 amide bonds. The van der Waals surface area contributed by atoms with Crippen LogP contribution in [0.2, 0.25) is 5.02 Å². The highest BCUT2D eigenvalue weighted by Crippen LogP contribution is 2.32. The Balaban J connectivity index is 2.53. The fraction of sp³-hybridized carbons (Fsp3) is 0.200. The minimum absolute atomic E-state index is 0.322. The van der Waals surface area contributed by atoms with Crippen molar-refractivity contribution in [2.24, 2.45) is 5.84 Å². The van der Waals surface area contributed by atoms with Gasteiger partial charge < -0.3 is 4.74 Å². The molecule has 0 saturated carbocycles. The molecule has 2 aromatic carbocycles. The minimum Gasteiger partial charge on any atom is -0.496 e. The van der Waals surface area contributed by atoms with Crippen molar-refractivity contribution in [1.29, 1.82) is 0 Å². The van der Waals surface area contributed by atoms with E-state index in [-0.39, 0.29) is 0 Å². The summed E-state index contributed by atoms with van der Waals surface area (Å²) in [5.41, 5.74) is 4.70. The normalized spacial score (nSPS) is 12.2. The molecule has 3 nitrogen and oxygen atoms in total. The maximum absolute atomic E-state index is 14.0. The summed E-state index contributed by atoms with van der Waals surface area (Å²) in [6.45, 7) is 1.93. The van der Waals surface area contributed by atoms with Gasteiger partial charge in [-0.05, 0) is 36.2 Å². The van der Waals surface area contributed by atoms with E-state index >= 15 is 0 Å². The van der Waals surface area contributed by atoms with Gasteiger partial charge in [-0.2, -0.15) is 0 Å². The average Bonchev–Trinajstić information content (AvgIpc) is 2.44. The molecule has 2 rings (SSSR count). The molecule has 0 bridgehead atoms. The Labute approximate surface area is 122 Å². The van der Waals surface area contributed by atoms with Crippen molar-refractivity contribution in [3.63, 3.8) is 0 Å². The number of hydrogen-bond donors (Lipinski definition) is 2. The molecule has 0 aromatic heterocycles. The van der Waals surface area contributed by atoms with E-state index in [2.05, 4.69) is 5.43 Å². The summed E-state index contributed by atoms with van der Waals surface area (Å²) in [6.07, 6.45) is 0. The molecule has 0 aliphatic rings. The molecule has 0 aliphatic carbocycles. The molecule has 106 valence electrons. The first-order valence-electron chi connectivity index (χ1n) is 6.13. The van der Waals surface area contributed by atoms with Crippen LogP contribution < -0.4 is 16.0 Å². The van der Waals surface area contributed by atoms with E-state index in [1.807, 2.05) is 25.1 Å². The highest BCUT2D eigenvalue weighted by Gasteiger charge is 2.20. The van der Waals surface area contributed by atoms with Gasteiger partial charge in [0.05, 0.1) is 13.2 Å². The van der Waals surface area contributed by atoms with E-state index in [1.165, 1.54) is 6.07 Å². The van der Waals surface area contributed by atoms with Gasteiger partial charge in [-0.3, -0.25) is 5.84 Å². The van der Waals surface area contributed by atoms with E-state index in [4.69, 9.17) is 22.2 Å². The number of ether oxygens (including phenoxy) is 1. The third kappa shape index (κ3) is 2.77. The monoisotopic (exact) mass is 294 g/mol. The predicted molar refractivity (Wildman–Crippen MR) is 78.3 cm³/mol. The van der Waals surface area contributed by atoms with Crippen molar-refractivity contribution in [2.45, 2.75) is 13.0 Å². The number of nitrogens with one attached hydrogen (secondary N) is 1. The van der Waals surface area contributed by atoms with Gasteiger partial charge in [0, 0.05) is 10.6 Å². The second kappa shape index (κ2) is 6.22. The number of rotatable bonds is 4. The fourth-order valence-corrected chi connectivity index (χ4v) is 2.42. The van der Waals surface area contributed by atoms with Crippen LogP contribution in [0, 0.1) is 12.7 Å². The highest BCUT2D eigenvalue weighted by molar-refractivity contribution is 6.31. The topological polar surface area (TPSA) is 47.3 Å². The second-order valence-corrected chi connectivity index (χ2v) is 4.87. The molecule has 5 heteroatoms. The SMILES string of the molecule is COc1cc(C(NN)c2c(F)cccc2Cl)ccc1C. The summed E-state index contributed by atoms with van der Waals surface area (Å²) in [6, 6.07) is 9.59. The van der Waals surface area contributed by atoms with Gasteiger partial charge in [0.25, 0.3) is 0 Å². The first-order valence-corrected chi connectivity index (χ1v) is 6.51. The largest absolute Gasteiger partial charge is 0.496 e. The van der Waals surface area contributed by atoms with Crippen molar-refractivity contribution in [3.8, 4) is 5.75 Å². The number of nitrogens with two attached hydrogens (primary N) is 1. The molecule has 0 fully saturated rings. The summed E-state index contributed by atoms with van der Waals surface area (Å²) in [5, 5.41) is 0.326. The van der Waals surface area contributed by atoms with Crippen LogP contribution in [0.1, 0.15) is 22.7 Å². The Morgan fingerprint density at radius 3 is 2.65 bits per heavy atom. The van der Waals surface area contributed by atoms with Crippen molar-refractivity contribution < 1.29 is 9.13 Å². The van der Waals surface area contributed by atoms with Crippen LogP contribution in [0.5, 0.6) is 5.75 Å². The number of hydrazine groups is 1. The maximum Gasteiger partial charge on any atom is 0.129 e. The van der Waals surface area contributed by atoms with Crippen LogP contribution in [0.4, 0.5) is 4.39 Å². The summed E-state index contributed by atoms with van der Waals surface area (Å²) in [7, 11) is 1.59. The van der Waals surface area contributed by atoms with Gasteiger partial charge in [0.15, 0.2) is 0 Å². The summed E-state index contributed by atoms with van der Waals surface area (Å²) < 4.78 is 19.3. The number of aryl methyl sites for hydroxylation is 1. The zero-order valence-corrected chi connectivity index (χ0v) is 12.0. The van der Waals surface area contributed by atoms with Crippen LogP contribution in [0.15, 0.2) is 36.4 Å². The van der Waals surface area contributed by atoms with Crippen LogP contribution in [0.3, 0.4) is 0 Å². The lowest BCUT2D eigenvalue weighted by molar-refractivity contribution is 0.410. The molecule has 0 radical (unpaired) electrons. The van der Waals surface area contributed by atoms with Crippen molar-refractivity contribution in [3.05, 3.63) is 63.9 Å². The molecular formula is C15H16ClFN2O. The average molecular weight is 295 g/mol. The number of hydrogen-bond acceptors (Lipinski definition) is 3. The number of halogens is 2. The first kappa shape index (κ1) is 14.8. The minimum atomic E-state index is -0.543. The number of methoxy groups -OCH3 is 1. The molecule has 3 N–H and O–H groups in total. The lowest BCUT2D eigenvalue weighted by atomic mass is 9.97. The Morgan fingerprint density at radius 1 is 1.30 bits per heavy atom. The molecule has 0 spiro atoms. The molecule has 20 heavy (non-hydrogen) atoms. The molecular weight excluding hydrogens is 279 g/mol. The molecule has 0 aliphatic heterocycles. The van der Waals surface area contributed by atoms with Crippen LogP contribution >= 0.6 is 11.6 Å². The van der Waals surface area contributed by atoms with Crippen LogP contribution in [0.25, 0.3) is 0 Å². The fourth-order valence-electron chi connectivity index (χ4n) is 2.15. The molecule has 0 heterocycles. The standard InChI is InChI=1S/C15H16ClFN2O/c1-9-6-7-10(8-13(9)20-2)15(19-18)14-11(16)4-3-5-12(14)17/h3-8,15,19H,18H2,1-2H3. The summed E-state index contributed by atoms with van der Waals surface area (Å²) >= 11 is 6.09.